The third-order valence-corrected chi connectivity index (χ3v) is 4.97. The van der Waals surface area contributed by atoms with Crippen LogP contribution >= 0.6 is 11.3 Å². The van der Waals surface area contributed by atoms with Gasteiger partial charge in [0, 0.05) is 24.3 Å². The molecule has 110 valence electrons. The number of benzene rings is 1. The maximum Gasteiger partial charge on any atom is 0.281 e. The molecule has 21 heavy (non-hydrogen) atoms. The first-order valence-electron chi connectivity index (χ1n) is 5.93. The summed E-state index contributed by atoms with van der Waals surface area (Å²) in [6.07, 6.45) is 1.63. The zero-order chi connectivity index (χ0) is 15.0. The number of hydrogen-bond donors (Lipinski definition) is 2. The number of nitrogens with one attached hydrogen (secondary N) is 2. The maximum atomic E-state index is 12.9. The molecule has 0 radical (unpaired) electrons. The lowest BCUT2D eigenvalue weighted by atomic mass is 10.3. The number of thiazole rings is 1. The molecular weight excluding hydrogens is 315 g/mol. The number of sulfonamides is 1. The second-order valence-corrected chi connectivity index (χ2v) is 6.65. The third-order valence-electron chi connectivity index (χ3n) is 2.81. The van der Waals surface area contributed by atoms with Crippen molar-refractivity contribution < 1.29 is 12.8 Å². The van der Waals surface area contributed by atoms with Gasteiger partial charge in [-0.25, -0.2) is 9.37 Å². The number of aromatic nitrogens is 2. The molecule has 0 aliphatic rings. The Balaban J connectivity index is 2.07. The van der Waals surface area contributed by atoms with E-state index in [4.69, 9.17) is 0 Å². The standard InChI is InChI=1S/C12H11FN4O2S2/c1-14-10-11(17-6-7-20-12(17)15-10)21(18,19)16-9-4-2-8(13)3-5-9/h2-7,14,16H,1H3. The Morgan fingerprint density at radius 2 is 2.00 bits per heavy atom. The van der Waals surface area contributed by atoms with Crippen LogP contribution in [0.15, 0.2) is 40.9 Å². The summed E-state index contributed by atoms with van der Waals surface area (Å²) in [5.41, 5.74) is 0.281. The third kappa shape index (κ3) is 2.45. The van der Waals surface area contributed by atoms with Crippen molar-refractivity contribution in [2.75, 3.05) is 17.1 Å². The van der Waals surface area contributed by atoms with Gasteiger partial charge in [0.1, 0.15) is 5.82 Å². The highest BCUT2D eigenvalue weighted by Crippen LogP contribution is 2.27. The van der Waals surface area contributed by atoms with Gasteiger partial charge >= 0.3 is 0 Å². The number of rotatable bonds is 4. The van der Waals surface area contributed by atoms with Gasteiger partial charge in [0.25, 0.3) is 10.0 Å². The van der Waals surface area contributed by atoms with Gasteiger partial charge in [-0.15, -0.1) is 11.3 Å². The minimum atomic E-state index is -3.85. The number of nitrogens with zero attached hydrogens (tertiary/aromatic N) is 2. The average Bonchev–Trinajstić information content (AvgIpc) is 3.00. The van der Waals surface area contributed by atoms with Gasteiger partial charge in [-0.05, 0) is 24.3 Å². The Kier molecular flexibility index (Phi) is 3.30. The van der Waals surface area contributed by atoms with Crippen LogP contribution in [-0.4, -0.2) is 24.9 Å². The van der Waals surface area contributed by atoms with Gasteiger partial charge in [-0.1, -0.05) is 0 Å². The molecule has 0 spiro atoms. The fraction of sp³-hybridized carbons (Fsp3) is 0.0833. The molecule has 2 N–H and O–H groups in total. The smallest absolute Gasteiger partial charge is 0.281 e. The number of halogens is 1. The zero-order valence-electron chi connectivity index (χ0n) is 10.9. The molecule has 2 aromatic heterocycles. The topological polar surface area (TPSA) is 75.5 Å². The summed E-state index contributed by atoms with van der Waals surface area (Å²) in [5.74, 6) is -0.171. The number of fused-ring (bicyclic) bond motifs is 1. The fourth-order valence-corrected chi connectivity index (χ4v) is 4.03. The highest BCUT2D eigenvalue weighted by molar-refractivity contribution is 7.92. The molecule has 1 aromatic carbocycles. The van der Waals surface area contributed by atoms with Crippen LogP contribution in [0.4, 0.5) is 15.9 Å². The predicted octanol–water partition coefficient (Wildman–Crippen LogP) is 2.38. The summed E-state index contributed by atoms with van der Waals surface area (Å²) in [4.78, 5) is 4.77. The SMILES string of the molecule is CNc1nc2sccn2c1S(=O)(=O)Nc1ccc(F)cc1. The van der Waals surface area contributed by atoms with E-state index in [9.17, 15) is 12.8 Å². The second-order valence-electron chi connectivity index (χ2n) is 4.18. The highest BCUT2D eigenvalue weighted by Gasteiger charge is 2.25. The fourth-order valence-electron chi connectivity index (χ4n) is 1.91. The lowest BCUT2D eigenvalue weighted by Crippen LogP contribution is -2.16. The van der Waals surface area contributed by atoms with Crippen LogP contribution in [0.2, 0.25) is 0 Å². The van der Waals surface area contributed by atoms with E-state index in [0.717, 1.165) is 0 Å². The molecule has 0 bridgehead atoms. The maximum absolute atomic E-state index is 12.9. The van der Waals surface area contributed by atoms with Crippen molar-refractivity contribution in [3.05, 3.63) is 41.7 Å². The lowest BCUT2D eigenvalue weighted by molar-refractivity contribution is 0.597. The summed E-state index contributed by atoms with van der Waals surface area (Å²) < 4.78 is 41.9. The van der Waals surface area contributed by atoms with Gasteiger partial charge in [-0.3, -0.25) is 9.12 Å². The van der Waals surface area contributed by atoms with E-state index in [1.165, 1.54) is 40.0 Å². The Labute approximate surface area is 124 Å². The molecule has 0 aliphatic heterocycles. The summed E-state index contributed by atoms with van der Waals surface area (Å²) >= 11 is 1.33. The number of hydrogen-bond acceptors (Lipinski definition) is 5. The molecule has 2 heterocycles. The van der Waals surface area contributed by atoms with Gasteiger partial charge in [0.2, 0.25) is 5.03 Å². The van der Waals surface area contributed by atoms with E-state index in [-0.39, 0.29) is 16.5 Å². The number of anilines is 2. The Morgan fingerprint density at radius 3 is 2.67 bits per heavy atom. The van der Waals surface area contributed by atoms with Crippen molar-refractivity contribution in [2.24, 2.45) is 0 Å². The molecule has 0 saturated heterocycles. The molecule has 3 aromatic rings. The number of imidazole rings is 1. The summed E-state index contributed by atoms with van der Waals surface area (Å²) in [7, 11) is -2.25. The molecule has 9 heteroatoms. The van der Waals surface area contributed by atoms with Crippen LogP contribution in [0.5, 0.6) is 0 Å². The molecule has 0 atom stereocenters. The molecule has 0 amide bonds. The molecule has 3 rings (SSSR count). The van der Waals surface area contributed by atoms with E-state index in [1.807, 2.05) is 0 Å². The van der Waals surface area contributed by atoms with Gasteiger partial charge in [0.05, 0.1) is 0 Å². The van der Waals surface area contributed by atoms with E-state index in [0.29, 0.717) is 4.96 Å². The quantitative estimate of drug-likeness (QED) is 0.772. The van der Waals surface area contributed by atoms with Crippen molar-refractivity contribution in [2.45, 2.75) is 5.03 Å². The predicted molar refractivity (Wildman–Crippen MR) is 79.8 cm³/mol. The lowest BCUT2D eigenvalue weighted by Gasteiger charge is -2.08. The molecule has 6 nitrogen and oxygen atoms in total. The van der Waals surface area contributed by atoms with E-state index in [1.54, 1.807) is 18.6 Å². The van der Waals surface area contributed by atoms with Crippen molar-refractivity contribution >= 4 is 37.8 Å². The first-order valence-corrected chi connectivity index (χ1v) is 8.29. The molecule has 0 saturated carbocycles. The highest BCUT2D eigenvalue weighted by atomic mass is 32.2. The van der Waals surface area contributed by atoms with Crippen molar-refractivity contribution in [1.82, 2.24) is 9.38 Å². The molecule has 0 fully saturated rings. The van der Waals surface area contributed by atoms with E-state index in [2.05, 4.69) is 15.0 Å². The van der Waals surface area contributed by atoms with Gasteiger partial charge in [-0.2, -0.15) is 8.42 Å². The second kappa shape index (κ2) is 5.01. The van der Waals surface area contributed by atoms with Crippen LogP contribution in [0.1, 0.15) is 0 Å². The Morgan fingerprint density at radius 1 is 1.29 bits per heavy atom. The molecule has 0 aliphatic carbocycles. The molecule has 0 unspecified atom stereocenters. The minimum Gasteiger partial charge on any atom is -0.371 e. The van der Waals surface area contributed by atoms with Crippen molar-refractivity contribution in [3.63, 3.8) is 0 Å². The van der Waals surface area contributed by atoms with Gasteiger partial charge < -0.3 is 5.32 Å². The van der Waals surface area contributed by atoms with Crippen molar-refractivity contribution in [3.8, 4) is 0 Å². The minimum absolute atomic E-state index is 0.0191. The first-order chi connectivity index (χ1) is 10.0. The van der Waals surface area contributed by atoms with Crippen molar-refractivity contribution in [1.29, 1.82) is 0 Å². The Bertz CT molecular complexity index is 884. The first kappa shape index (κ1) is 13.8. The average molecular weight is 326 g/mol. The van der Waals surface area contributed by atoms with Crippen LogP contribution in [-0.2, 0) is 10.0 Å². The van der Waals surface area contributed by atoms with Crippen LogP contribution in [0.3, 0.4) is 0 Å². The summed E-state index contributed by atoms with van der Waals surface area (Å²) in [6, 6.07) is 5.09. The van der Waals surface area contributed by atoms with Gasteiger partial charge in [0.15, 0.2) is 10.8 Å². The summed E-state index contributed by atoms with van der Waals surface area (Å²) in [6.45, 7) is 0. The van der Waals surface area contributed by atoms with Crippen LogP contribution in [0, 0.1) is 5.82 Å². The Hall–Kier alpha value is -2.13. The largest absolute Gasteiger partial charge is 0.371 e. The normalized spacial score (nSPS) is 11.7. The van der Waals surface area contributed by atoms with Crippen LogP contribution in [0.25, 0.3) is 4.96 Å². The van der Waals surface area contributed by atoms with E-state index < -0.39 is 15.8 Å². The van der Waals surface area contributed by atoms with E-state index >= 15 is 0 Å². The summed E-state index contributed by atoms with van der Waals surface area (Å²) in [5, 5.41) is 4.54. The molecular formula is C12H11FN4O2S2. The zero-order valence-corrected chi connectivity index (χ0v) is 12.5. The monoisotopic (exact) mass is 326 g/mol. The van der Waals surface area contributed by atoms with Crippen LogP contribution < -0.4 is 10.0 Å².